The molecule has 1 N–H and O–H groups in total. The molecule has 2 aromatic carbocycles. The Kier molecular flexibility index (Phi) is 6.38. The fourth-order valence-corrected chi connectivity index (χ4v) is 4.49. The van der Waals surface area contributed by atoms with E-state index in [-0.39, 0.29) is 22.8 Å². The number of para-hydroxylation sites is 1. The van der Waals surface area contributed by atoms with Crippen LogP contribution in [-0.4, -0.2) is 16.8 Å². The first kappa shape index (κ1) is 20.1. The van der Waals surface area contributed by atoms with Crippen LogP contribution >= 0.6 is 23.4 Å². The van der Waals surface area contributed by atoms with Gasteiger partial charge in [-0.25, -0.2) is 0 Å². The van der Waals surface area contributed by atoms with E-state index >= 15 is 0 Å². The van der Waals surface area contributed by atoms with E-state index < -0.39 is 0 Å². The van der Waals surface area contributed by atoms with E-state index in [0.717, 1.165) is 35.5 Å². The molecule has 27 heavy (non-hydrogen) atoms. The van der Waals surface area contributed by atoms with E-state index in [9.17, 15) is 4.79 Å². The number of ether oxygens (including phenoxy) is 1. The quantitative estimate of drug-likeness (QED) is 0.599. The lowest BCUT2D eigenvalue weighted by Crippen LogP contribution is -2.45. The molecule has 0 fully saturated rings. The van der Waals surface area contributed by atoms with Crippen LogP contribution < -0.4 is 10.1 Å². The Hall–Kier alpha value is -1.65. The van der Waals surface area contributed by atoms with Gasteiger partial charge in [-0.1, -0.05) is 43.6 Å². The van der Waals surface area contributed by atoms with E-state index in [1.807, 2.05) is 55.5 Å². The lowest BCUT2D eigenvalue weighted by Gasteiger charge is -2.42. The molecule has 0 saturated heterocycles. The number of carbonyl (C=O) groups is 1. The minimum absolute atomic E-state index is 0.0318. The predicted molar refractivity (Wildman–Crippen MR) is 113 cm³/mol. The Labute approximate surface area is 170 Å². The molecule has 0 aromatic heterocycles. The van der Waals surface area contributed by atoms with Gasteiger partial charge in [-0.2, -0.15) is 0 Å². The van der Waals surface area contributed by atoms with Crippen molar-refractivity contribution in [1.82, 2.24) is 5.32 Å². The Balaban J connectivity index is 1.74. The van der Waals surface area contributed by atoms with Crippen LogP contribution in [0.25, 0.3) is 0 Å². The van der Waals surface area contributed by atoms with E-state index in [0.29, 0.717) is 5.02 Å². The first-order chi connectivity index (χ1) is 13.0. The van der Waals surface area contributed by atoms with Gasteiger partial charge in [0.05, 0.1) is 11.3 Å². The minimum Gasteiger partial charge on any atom is -0.487 e. The molecule has 3 nitrogen and oxygen atoms in total. The Morgan fingerprint density at radius 2 is 1.89 bits per heavy atom. The van der Waals surface area contributed by atoms with Gasteiger partial charge in [0.2, 0.25) is 5.91 Å². The molecule has 1 amide bonds. The zero-order valence-corrected chi connectivity index (χ0v) is 17.6. The van der Waals surface area contributed by atoms with Crippen LogP contribution in [0.15, 0.2) is 53.4 Å². The lowest BCUT2D eigenvalue weighted by molar-refractivity contribution is -0.121. The maximum Gasteiger partial charge on any atom is 0.233 e. The van der Waals surface area contributed by atoms with Crippen LogP contribution in [0.5, 0.6) is 5.75 Å². The molecule has 2 unspecified atom stereocenters. The van der Waals surface area contributed by atoms with Gasteiger partial charge in [0.1, 0.15) is 11.4 Å². The van der Waals surface area contributed by atoms with Crippen molar-refractivity contribution >= 4 is 29.3 Å². The number of hydrogen-bond donors (Lipinski definition) is 1. The van der Waals surface area contributed by atoms with Crippen LogP contribution in [0.3, 0.4) is 0 Å². The van der Waals surface area contributed by atoms with Crippen LogP contribution in [0.4, 0.5) is 0 Å². The summed E-state index contributed by atoms with van der Waals surface area (Å²) >= 11 is 7.48. The third kappa shape index (κ3) is 4.61. The summed E-state index contributed by atoms with van der Waals surface area (Å²) < 4.78 is 6.33. The fraction of sp³-hybridized carbons (Fsp3) is 0.409. The molecular formula is C22H26ClNO2S. The highest BCUT2D eigenvalue weighted by Crippen LogP contribution is 2.42. The third-order valence-corrected chi connectivity index (χ3v) is 6.66. The van der Waals surface area contributed by atoms with E-state index in [1.54, 1.807) is 0 Å². The SMILES string of the molecule is CCC1(CC)CC(NC(=O)C(C)Sc2ccc(Cl)cc2)c2ccccc2O1. The predicted octanol–water partition coefficient (Wildman–Crippen LogP) is 6.02. The molecule has 2 aromatic rings. The van der Waals surface area contributed by atoms with Crippen molar-refractivity contribution in [3.63, 3.8) is 0 Å². The average Bonchev–Trinajstić information content (AvgIpc) is 2.69. The summed E-state index contributed by atoms with van der Waals surface area (Å²) in [5, 5.41) is 3.77. The fourth-order valence-electron chi connectivity index (χ4n) is 3.49. The van der Waals surface area contributed by atoms with Gasteiger partial charge in [0, 0.05) is 21.9 Å². The Morgan fingerprint density at radius 1 is 1.22 bits per heavy atom. The van der Waals surface area contributed by atoms with Crippen molar-refractivity contribution in [2.24, 2.45) is 0 Å². The summed E-state index contributed by atoms with van der Waals surface area (Å²) in [7, 11) is 0. The van der Waals surface area contributed by atoms with Gasteiger partial charge < -0.3 is 10.1 Å². The van der Waals surface area contributed by atoms with Crippen molar-refractivity contribution in [2.75, 3.05) is 0 Å². The van der Waals surface area contributed by atoms with Gasteiger partial charge in [-0.05, 0) is 50.1 Å². The first-order valence-electron chi connectivity index (χ1n) is 9.47. The van der Waals surface area contributed by atoms with Crippen LogP contribution in [0.1, 0.15) is 51.6 Å². The van der Waals surface area contributed by atoms with Crippen molar-refractivity contribution in [3.05, 3.63) is 59.1 Å². The molecular weight excluding hydrogens is 378 g/mol. The molecule has 5 heteroatoms. The number of rotatable bonds is 6. The van der Waals surface area contributed by atoms with Gasteiger partial charge in [0.15, 0.2) is 0 Å². The van der Waals surface area contributed by atoms with Gasteiger partial charge in [-0.15, -0.1) is 11.8 Å². The summed E-state index contributed by atoms with van der Waals surface area (Å²) in [6.07, 6.45) is 2.62. The van der Waals surface area contributed by atoms with Crippen LogP contribution in [-0.2, 0) is 4.79 Å². The van der Waals surface area contributed by atoms with Crippen molar-refractivity contribution < 1.29 is 9.53 Å². The number of benzene rings is 2. The largest absolute Gasteiger partial charge is 0.487 e. The molecule has 3 rings (SSSR count). The normalized spacial score (nSPS) is 18.9. The second kappa shape index (κ2) is 8.57. The monoisotopic (exact) mass is 403 g/mol. The van der Waals surface area contributed by atoms with Gasteiger partial charge in [0.25, 0.3) is 0 Å². The highest BCUT2D eigenvalue weighted by Gasteiger charge is 2.39. The Morgan fingerprint density at radius 3 is 2.56 bits per heavy atom. The lowest BCUT2D eigenvalue weighted by atomic mass is 9.83. The van der Waals surface area contributed by atoms with E-state index in [4.69, 9.17) is 16.3 Å². The van der Waals surface area contributed by atoms with Crippen LogP contribution in [0, 0.1) is 0 Å². The zero-order chi connectivity index (χ0) is 19.4. The smallest absolute Gasteiger partial charge is 0.233 e. The molecule has 0 radical (unpaired) electrons. The van der Waals surface area contributed by atoms with Gasteiger partial charge >= 0.3 is 0 Å². The zero-order valence-electron chi connectivity index (χ0n) is 16.0. The van der Waals surface area contributed by atoms with Crippen molar-refractivity contribution in [1.29, 1.82) is 0 Å². The number of amides is 1. The molecule has 1 aliphatic heterocycles. The average molecular weight is 404 g/mol. The second-order valence-corrected chi connectivity index (χ2v) is 8.86. The van der Waals surface area contributed by atoms with Crippen molar-refractivity contribution in [2.45, 2.75) is 61.8 Å². The minimum atomic E-state index is -0.223. The number of carbonyl (C=O) groups excluding carboxylic acids is 1. The Bertz CT molecular complexity index is 789. The van der Waals surface area contributed by atoms with Crippen molar-refractivity contribution in [3.8, 4) is 5.75 Å². The molecule has 2 atom stereocenters. The molecule has 1 aliphatic rings. The highest BCUT2D eigenvalue weighted by molar-refractivity contribution is 8.00. The number of hydrogen-bond acceptors (Lipinski definition) is 3. The number of halogens is 1. The first-order valence-corrected chi connectivity index (χ1v) is 10.7. The third-order valence-electron chi connectivity index (χ3n) is 5.30. The van der Waals surface area contributed by atoms with Gasteiger partial charge in [-0.3, -0.25) is 4.79 Å². The summed E-state index contributed by atoms with van der Waals surface area (Å²) in [4.78, 5) is 13.9. The summed E-state index contributed by atoms with van der Waals surface area (Å²) in [5.74, 6) is 0.925. The summed E-state index contributed by atoms with van der Waals surface area (Å²) in [5.41, 5.74) is 0.839. The van der Waals surface area contributed by atoms with Crippen LogP contribution in [0.2, 0.25) is 5.02 Å². The number of fused-ring (bicyclic) bond motifs is 1. The summed E-state index contributed by atoms with van der Waals surface area (Å²) in [6, 6.07) is 15.6. The molecule has 1 heterocycles. The van der Waals surface area contributed by atoms with E-state index in [1.165, 1.54) is 11.8 Å². The molecule has 144 valence electrons. The molecule has 0 saturated carbocycles. The molecule has 0 aliphatic carbocycles. The number of thioether (sulfide) groups is 1. The number of nitrogens with one attached hydrogen (secondary N) is 1. The van der Waals surface area contributed by atoms with E-state index in [2.05, 4.69) is 19.2 Å². The summed E-state index contributed by atoms with van der Waals surface area (Å²) in [6.45, 7) is 6.23. The highest BCUT2D eigenvalue weighted by atomic mass is 35.5. The maximum atomic E-state index is 12.9. The molecule has 0 bridgehead atoms. The topological polar surface area (TPSA) is 38.3 Å². The second-order valence-electron chi connectivity index (χ2n) is 7.01. The maximum absolute atomic E-state index is 12.9. The standard InChI is InChI=1S/C22H26ClNO2S/c1-4-22(5-2)14-19(18-8-6-7-9-20(18)26-22)24-21(25)15(3)27-17-12-10-16(23)11-13-17/h6-13,15,19H,4-5,14H2,1-3H3,(H,24,25). The molecule has 0 spiro atoms.